The third-order valence-electron chi connectivity index (χ3n) is 3.34. The van der Waals surface area contributed by atoms with Crippen LogP contribution in [0.2, 0.25) is 0 Å². The standard InChI is InChI=1S/C11H20N2O3/c1-7-5-4-6-13(9(7)3)11(16)12-8(2)10(14)15/h7-9H,4-6H2,1-3H3,(H,12,16)(H,14,15)/t7?,8-,9?/m0/s1. The summed E-state index contributed by atoms with van der Waals surface area (Å²) >= 11 is 0. The van der Waals surface area contributed by atoms with E-state index in [-0.39, 0.29) is 12.1 Å². The Morgan fingerprint density at radius 1 is 1.44 bits per heavy atom. The number of hydrogen-bond acceptors (Lipinski definition) is 2. The van der Waals surface area contributed by atoms with Crippen LogP contribution in [0.5, 0.6) is 0 Å². The minimum absolute atomic E-state index is 0.176. The number of rotatable bonds is 2. The molecule has 16 heavy (non-hydrogen) atoms. The third kappa shape index (κ3) is 2.87. The molecule has 1 saturated heterocycles. The maximum absolute atomic E-state index is 11.8. The van der Waals surface area contributed by atoms with Crippen LogP contribution in [0.25, 0.3) is 0 Å². The molecular formula is C11H20N2O3. The van der Waals surface area contributed by atoms with Crippen molar-refractivity contribution in [2.24, 2.45) is 5.92 Å². The number of urea groups is 1. The Morgan fingerprint density at radius 3 is 2.62 bits per heavy atom. The molecule has 2 N–H and O–H groups in total. The van der Waals surface area contributed by atoms with Gasteiger partial charge in [-0.1, -0.05) is 6.92 Å². The molecule has 0 aromatic rings. The van der Waals surface area contributed by atoms with Crippen LogP contribution in [0.4, 0.5) is 4.79 Å². The summed E-state index contributed by atoms with van der Waals surface area (Å²) in [7, 11) is 0. The minimum atomic E-state index is -1.01. The van der Waals surface area contributed by atoms with Gasteiger partial charge in [0, 0.05) is 12.6 Å². The van der Waals surface area contributed by atoms with Gasteiger partial charge in [0.05, 0.1) is 0 Å². The van der Waals surface area contributed by atoms with Crippen LogP contribution in [-0.2, 0) is 4.79 Å². The third-order valence-corrected chi connectivity index (χ3v) is 3.34. The van der Waals surface area contributed by atoms with Crippen molar-refractivity contribution in [2.45, 2.75) is 45.7 Å². The van der Waals surface area contributed by atoms with E-state index in [1.165, 1.54) is 6.92 Å². The number of likely N-dealkylation sites (tertiary alicyclic amines) is 1. The van der Waals surface area contributed by atoms with Crippen LogP contribution in [-0.4, -0.2) is 40.6 Å². The fourth-order valence-electron chi connectivity index (χ4n) is 1.95. The van der Waals surface area contributed by atoms with Crippen molar-refractivity contribution in [3.05, 3.63) is 0 Å². The van der Waals surface area contributed by atoms with Crippen LogP contribution in [0.1, 0.15) is 33.6 Å². The molecule has 0 saturated carbocycles. The zero-order valence-electron chi connectivity index (χ0n) is 10.1. The van der Waals surface area contributed by atoms with Gasteiger partial charge in [0.2, 0.25) is 0 Å². The first kappa shape index (κ1) is 12.8. The topological polar surface area (TPSA) is 69.6 Å². The Labute approximate surface area is 95.8 Å². The molecule has 1 aliphatic rings. The highest BCUT2D eigenvalue weighted by Crippen LogP contribution is 2.22. The number of amides is 2. The van der Waals surface area contributed by atoms with Gasteiger partial charge in [-0.2, -0.15) is 0 Å². The molecular weight excluding hydrogens is 208 g/mol. The number of carboxylic acids is 1. The van der Waals surface area contributed by atoms with E-state index < -0.39 is 12.0 Å². The molecule has 1 aliphatic heterocycles. The van der Waals surface area contributed by atoms with E-state index in [4.69, 9.17) is 5.11 Å². The van der Waals surface area contributed by atoms with Crippen LogP contribution in [0, 0.1) is 5.92 Å². The van der Waals surface area contributed by atoms with Crippen molar-refractivity contribution in [3.8, 4) is 0 Å². The number of aliphatic carboxylic acids is 1. The van der Waals surface area contributed by atoms with E-state index in [1.807, 2.05) is 6.92 Å². The number of hydrogen-bond donors (Lipinski definition) is 2. The fraction of sp³-hybridized carbons (Fsp3) is 0.818. The second-order valence-electron chi connectivity index (χ2n) is 4.56. The van der Waals surface area contributed by atoms with Crippen molar-refractivity contribution in [3.63, 3.8) is 0 Å². The largest absolute Gasteiger partial charge is 0.480 e. The fourth-order valence-corrected chi connectivity index (χ4v) is 1.95. The van der Waals surface area contributed by atoms with E-state index in [0.29, 0.717) is 12.5 Å². The van der Waals surface area contributed by atoms with E-state index in [9.17, 15) is 9.59 Å². The molecule has 2 unspecified atom stereocenters. The number of piperidine rings is 1. The Morgan fingerprint density at radius 2 is 2.06 bits per heavy atom. The van der Waals surface area contributed by atoms with E-state index in [0.717, 1.165) is 12.8 Å². The number of nitrogens with zero attached hydrogens (tertiary/aromatic N) is 1. The first-order chi connectivity index (χ1) is 7.43. The first-order valence-corrected chi connectivity index (χ1v) is 5.73. The highest BCUT2D eigenvalue weighted by atomic mass is 16.4. The SMILES string of the molecule is CC1CCCN(C(=O)N[C@@H](C)C(=O)O)C1C. The number of carbonyl (C=O) groups is 2. The van der Waals surface area contributed by atoms with E-state index >= 15 is 0 Å². The van der Waals surface area contributed by atoms with Crippen molar-refractivity contribution >= 4 is 12.0 Å². The molecule has 5 heteroatoms. The van der Waals surface area contributed by atoms with Gasteiger partial charge >= 0.3 is 12.0 Å². The summed E-state index contributed by atoms with van der Waals surface area (Å²) in [4.78, 5) is 24.2. The lowest BCUT2D eigenvalue weighted by Crippen LogP contribution is -2.53. The number of nitrogens with one attached hydrogen (secondary N) is 1. The van der Waals surface area contributed by atoms with Crippen molar-refractivity contribution < 1.29 is 14.7 Å². The average Bonchev–Trinajstić information content (AvgIpc) is 2.21. The van der Waals surface area contributed by atoms with Crippen molar-refractivity contribution in [1.29, 1.82) is 0 Å². The lowest BCUT2D eigenvalue weighted by Gasteiger charge is -2.38. The molecule has 0 spiro atoms. The van der Waals surface area contributed by atoms with Gasteiger partial charge in [-0.05, 0) is 32.6 Å². The van der Waals surface area contributed by atoms with Crippen molar-refractivity contribution in [1.82, 2.24) is 10.2 Å². The lowest BCUT2D eigenvalue weighted by atomic mass is 9.92. The molecule has 0 aromatic carbocycles. The van der Waals surface area contributed by atoms with Gasteiger partial charge in [0.25, 0.3) is 0 Å². The summed E-state index contributed by atoms with van der Waals surface area (Å²) in [5, 5.41) is 11.2. The van der Waals surface area contributed by atoms with Gasteiger partial charge in [-0.25, -0.2) is 4.79 Å². The van der Waals surface area contributed by atoms with Gasteiger partial charge in [0.1, 0.15) is 6.04 Å². The van der Waals surface area contributed by atoms with Gasteiger partial charge in [-0.3, -0.25) is 4.79 Å². The molecule has 0 bridgehead atoms. The molecule has 1 heterocycles. The summed E-state index contributed by atoms with van der Waals surface area (Å²) in [5.74, 6) is -0.536. The quantitative estimate of drug-likeness (QED) is 0.748. The predicted octanol–water partition coefficient (Wildman–Crippen LogP) is 1.29. The van der Waals surface area contributed by atoms with Gasteiger partial charge in [0.15, 0.2) is 0 Å². The van der Waals surface area contributed by atoms with Crippen LogP contribution >= 0.6 is 0 Å². The lowest BCUT2D eigenvalue weighted by molar-refractivity contribution is -0.138. The normalized spacial score (nSPS) is 27.3. The second kappa shape index (κ2) is 5.18. The number of carbonyl (C=O) groups excluding carboxylic acids is 1. The van der Waals surface area contributed by atoms with Gasteiger partial charge in [-0.15, -0.1) is 0 Å². The molecule has 5 nitrogen and oxygen atoms in total. The summed E-state index contributed by atoms with van der Waals surface area (Å²) < 4.78 is 0. The number of carboxylic acid groups (broad SMARTS) is 1. The first-order valence-electron chi connectivity index (χ1n) is 5.73. The van der Waals surface area contributed by atoms with Crippen molar-refractivity contribution in [2.75, 3.05) is 6.54 Å². The molecule has 1 rings (SSSR count). The smallest absolute Gasteiger partial charge is 0.325 e. The summed E-state index contributed by atoms with van der Waals surface area (Å²) in [6.45, 7) is 6.31. The van der Waals surface area contributed by atoms with Crippen LogP contribution < -0.4 is 5.32 Å². The molecule has 92 valence electrons. The maximum Gasteiger partial charge on any atom is 0.325 e. The molecule has 3 atom stereocenters. The Hall–Kier alpha value is -1.26. The monoisotopic (exact) mass is 228 g/mol. The van der Waals surface area contributed by atoms with E-state index in [1.54, 1.807) is 4.90 Å². The Bertz CT molecular complexity index is 280. The maximum atomic E-state index is 11.8. The Kier molecular flexibility index (Phi) is 4.15. The minimum Gasteiger partial charge on any atom is -0.480 e. The molecule has 2 amide bonds. The zero-order valence-corrected chi connectivity index (χ0v) is 10.1. The predicted molar refractivity (Wildman–Crippen MR) is 60.2 cm³/mol. The molecule has 0 aromatic heterocycles. The molecule has 1 fully saturated rings. The van der Waals surface area contributed by atoms with E-state index in [2.05, 4.69) is 12.2 Å². The summed E-state index contributed by atoms with van der Waals surface area (Å²) in [6.07, 6.45) is 2.11. The average molecular weight is 228 g/mol. The molecule has 0 aliphatic carbocycles. The summed E-state index contributed by atoms with van der Waals surface area (Å²) in [6, 6.07) is -0.930. The van der Waals surface area contributed by atoms with Gasteiger partial charge < -0.3 is 15.3 Å². The summed E-state index contributed by atoms with van der Waals surface area (Å²) in [5.41, 5.74) is 0. The highest BCUT2D eigenvalue weighted by Gasteiger charge is 2.29. The Balaban J connectivity index is 2.56. The second-order valence-corrected chi connectivity index (χ2v) is 4.56. The molecule has 0 radical (unpaired) electrons. The van der Waals surface area contributed by atoms with Crippen LogP contribution in [0.15, 0.2) is 0 Å². The van der Waals surface area contributed by atoms with Crippen LogP contribution in [0.3, 0.4) is 0 Å². The zero-order chi connectivity index (χ0) is 12.3. The highest BCUT2D eigenvalue weighted by molar-refractivity contribution is 5.82.